The Morgan fingerprint density at radius 1 is 1.05 bits per heavy atom. The molecule has 2 aliphatic rings. The second-order valence-corrected chi connectivity index (χ2v) is 11.2. The first-order chi connectivity index (χ1) is 20.1. The number of benzene rings is 1. The summed E-state index contributed by atoms with van der Waals surface area (Å²) in [5.41, 5.74) is 9.77. The van der Waals surface area contributed by atoms with Crippen molar-refractivity contribution in [3.63, 3.8) is 0 Å². The molecule has 0 bridgehead atoms. The van der Waals surface area contributed by atoms with E-state index < -0.39 is 0 Å². The molecule has 5 rings (SSSR count). The highest BCUT2D eigenvalue weighted by molar-refractivity contribution is 5.79. The predicted octanol–water partition coefficient (Wildman–Crippen LogP) is 2.51. The Labute approximate surface area is 242 Å². The van der Waals surface area contributed by atoms with E-state index in [9.17, 15) is 4.79 Å². The monoisotopic (exact) mass is 567 g/mol. The lowest BCUT2D eigenvalue weighted by atomic mass is 10.1. The van der Waals surface area contributed by atoms with Crippen LogP contribution in [0, 0.1) is 0 Å². The Morgan fingerprint density at radius 2 is 1.78 bits per heavy atom. The maximum absolute atomic E-state index is 12.8. The lowest BCUT2D eigenvalue weighted by Crippen LogP contribution is -2.38. The minimum Gasteiger partial charge on any atom is -0.441 e. The molecular formula is C30H47N8O3+. The molecular weight excluding hydrogens is 520 g/mol. The highest BCUT2D eigenvalue weighted by atomic mass is 16.5. The van der Waals surface area contributed by atoms with Crippen LogP contribution >= 0.6 is 0 Å². The first-order valence-corrected chi connectivity index (χ1v) is 15.4. The SMILES string of the molecule is CCCCOc1nc(N)c2[nH]c(=O)n(CCCN(CCCN3CCOCC3)Cc3ccc(N4CCCC4)cc3)c2[nH+]1. The largest absolute Gasteiger partial charge is 0.441 e. The summed E-state index contributed by atoms with van der Waals surface area (Å²) in [6, 6.07) is 9.44. The summed E-state index contributed by atoms with van der Waals surface area (Å²) in [6.07, 6.45) is 6.46. The summed E-state index contributed by atoms with van der Waals surface area (Å²) in [5.74, 6) is 0.267. The zero-order chi connectivity index (χ0) is 28.4. The van der Waals surface area contributed by atoms with Gasteiger partial charge in [-0.05, 0) is 67.9 Å². The van der Waals surface area contributed by atoms with Gasteiger partial charge in [0.05, 0.1) is 26.4 Å². The number of hydrogen-bond acceptors (Lipinski definition) is 8. The number of morpholine rings is 1. The van der Waals surface area contributed by atoms with Crippen LogP contribution in [-0.2, 0) is 17.8 Å². The van der Waals surface area contributed by atoms with Crippen molar-refractivity contribution in [1.82, 2.24) is 24.3 Å². The van der Waals surface area contributed by atoms with Gasteiger partial charge in [-0.25, -0.2) is 14.3 Å². The van der Waals surface area contributed by atoms with E-state index in [0.717, 1.165) is 91.3 Å². The number of nitrogens with two attached hydrogens (primary N) is 1. The molecule has 0 saturated carbocycles. The number of ether oxygens (including phenoxy) is 2. The van der Waals surface area contributed by atoms with Crippen LogP contribution in [0.15, 0.2) is 29.1 Å². The van der Waals surface area contributed by atoms with Gasteiger partial charge < -0.3 is 20.1 Å². The van der Waals surface area contributed by atoms with Crippen LogP contribution in [0.4, 0.5) is 11.5 Å². The molecule has 2 saturated heterocycles. The van der Waals surface area contributed by atoms with E-state index in [2.05, 4.69) is 60.8 Å². The molecule has 0 amide bonds. The molecule has 0 atom stereocenters. The average Bonchev–Trinajstić information content (AvgIpc) is 3.63. The van der Waals surface area contributed by atoms with E-state index in [1.165, 1.54) is 24.1 Å². The Bertz CT molecular complexity index is 1280. The number of rotatable bonds is 15. The van der Waals surface area contributed by atoms with Crippen molar-refractivity contribution in [2.75, 3.05) is 76.3 Å². The summed E-state index contributed by atoms with van der Waals surface area (Å²) >= 11 is 0. The molecule has 0 aliphatic carbocycles. The van der Waals surface area contributed by atoms with Crippen LogP contribution in [0.25, 0.3) is 11.2 Å². The van der Waals surface area contributed by atoms with Gasteiger partial charge in [-0.1, -0.05) is 25.5 Å². The number of nitrogens with zero attached hydrogens (tertiary/aromatic N) is 5. The fourth-order valence-electron chi connectivity index (χ4n) is 5.79. The fourth-order valence-corrected chi connectivity index (χ4v) is 5.79. The third-order valence-electron chi connectivity index (χ3n) is 8.15. The van der Waals surface area contributed by atoms with Crippen LogP contribution in [-0.4, -0.2) is 90.0 Å². The number of unbranched alkanes of at least 4 members (excludes halogenated alkanes) is 1. The standard InChI is InChI=1S/C30H46N8O3/c1-2-3-20-41-29-33-27(31)26-28(34-29)38(30(39)32-26)17-7-14-36(13-6-12-35-18-21-40-22-19-35)23-24-8-10-25(11-9-24)37-15-4-5-16-37/h8-11H,2-7,12-23H2,1H3,(H,32,39)(H2,31,33,34)/p+1. The number of nitrogens with one attached hydrogen (secondary N) is 2. The smallest absolute Gasteiger partial charge is 0.433 e. The number of imidazole rings is 1. The number of nitrogen functional groups attached to an aromatic ring is 1. The topological polar surface area (TPSA) is 119 Å². The molecule has 3 aromatic rings. The van der Waals surface area contributed by atoms with Crippen molar-refractivity contribution in [2.45, 2.75) is 58.5 Å². The third-order valence-corrected chi connectivity index (χ3v) is 8.15. The molecule has 2 aromatic heterocycles. The molecule has 0 radical (unpaired) electrons. The maximum Gasteiger partial charge on any atom is 0.433 e. The van der Waals surface area contributed by atoms with Gasteiger partial charge in [0.1, 0.15) is 0 Å². The number of aryl methyl sites for hydroxylation is 1. The Morgan fingerprint density at radius 3 is 2.51 bits per heavy atom. The number of aromatic nitrogens is 4. The highest BCUT2D eigenvalue weighted by Crippen LogP contribution is 2.21. The summed E-state index contributed by atoms with van der Waals surface area (Å²) in [7, 11) is 0. The summed E-state index contributed by atoms with van der Waals surface area (Å²) in [6.45, 7) is 13.1. The molecule has 11 nitrogen and oxygen atoms in total. The normalized spacial score (nSPS) is 16.3. The molecule has 4 N–H and O–H groups in total. The van der Waals surface area contributed by atoms with Gasteiger partial charge in [-0.15, -0.1) is 0 Å². The summed E-state index contributed by atoms with van der Waals surface area (Å²) < 4.78 is 13.0. The Hall–Kier alpha value is -3.15. The lowest BCUT2D eigenvalue weighted by molar-refractivity contribution is -0.372. The highest BCUT2D eigenvalue weighted by Gasteiger charge is 2.21. The molecule has 11 heteroatoms. The van der Waals surface area contributed by atoms with Gasteiger partial charge in [0.2, 0.25) is 5.82 Å². The van der Waals surface area contributed by atoms with E-state index in [1.807, 2.05) is 0 Å². The zero-order valence-corrected chi connectivity index (χ0v) is 24.6. The number of hydrogen-bond donors (Lipinski definition) is 2. The van der Waals surface area contributed by atoms with E-state index in [4.69, 9.17) is 15.2 Å². The summed E-state index contributed by atoms with van der Waals surface area (Å²) in [5, 5.41) is 0. The molecule has 4 heterocycles. The van der Waals surface area contributed by atoms with Crippen LogP contribution in [0.1, 0.15) is 51.0 Å². The van der Waals surface area contributed by atoms with Crippen molar-refractivity contribution in [3.05, 3.63) is 40.3 Å². The van der Waals surface area contributed by atoms with E-state index in [1.54, 1.807) is 4.57 Å². The molecule has 41 heavy (non-hydrogen) atoms. The number of aromatic amines is 2. The van der Waals surface area contributed by atoms with Crippen molar-refractivity contribution in [3.8, 4) is 6.01 Å². The van der Waals surface area contributed by atoms with E-state index in [0.29, 0.717) is 30.3 Å². The second kappa shape index (κ2) is 14.7. The molecule has 1 aromatic carbocycles. The molecule has 0 spiro atoms. The molecule has 2 fully saturated rings. The Balaban J connectivity index is 1.23. The van der Waals surface area contributed by atoms with Gasteiger partial charge in [0.25, 0.3) is 5.65 Å². The zero-order valence-electron chi connectivity index (χ0n) is 24.6. The minimum atomic E-state index is -0.188. The van der Waals surface area contributed by atoms with Crippen LogP contribution < -0.4 is 26.0 Å². The van der Waals surface area contributed by atoms with Crippen LogP contribution in [0.5, 0.6) is 6.01 Å². The van der Waals surface area contributed by atoms with Crippen LogP contribution in [0.3, 0.4) is 0 Å². The average molecular weight is 568 g/mol. The molecule has 0 unspecified atom stereocenters. The van der Waals surface area contributed by atoms with E-state index >= 15 is 0 Å². The van der Waals surface area contributed by atoms with Gasteiger partial charge in [-0.3, -0.25) is 14.8 Å². The Kier molecular flexibility index (Phi) is 10.5. The van der Waals surface area contributed by atoms with Crippen LogP contribution in [0.2, 0.25) is 0 Å². The number of anilines is 2. The quantitative estimate of drug-likeness (QED) is 0.269. The lowest BCUT2D eigenvalue weighted by Gasteiger charge is -2.28. The molecule has 2 aliphatic heterocycles. The predicted molar refractivity (Wildman–Crippen MR) is 161 cm³/mol. The van der Waals surface area contributed by atoms with Crippen molar-refractivity contribution in [2.24, 2.45) is 0 Å². The van der Waals surface area contributed by atoms with Crippen molar-refractivity contribution in [1.29, 1.82) is 0 Å². The van der Waals surface area contributed by atoms with Crippen molar-refractivity contribution < 1.29 is 14.5 Å². The number of H-pyrrole nitrogens is 2. The summed E-state index contributed by atoms with van der Waals surface area (Å²) in [4.78, 5) is 30.7. The fraction of sp³-hybridized carbons (Fsp3) is 0.633. The van der Waals surface area contributed by atoms with Gasteiger partial charge in [0, 0.05) is 45.0 Å². The van der Waals surface area contributed by atoms with Gasteiger partial charge >= 0.3 is 11.7 Å². The first-order valence-electron chi connectivity index (χ1n) is 15.4. The minimum absolute atomic E-state index is 0.188. The van der Waals surface area contributed by atoms with E-state index in [-0.39, 0.29) is 11.5 Å². The number of fused-ring (bicyclic) bond motifs is 1. The second-order valence-electron chi connectivity index (χ2n) is 11.2. The molecule has 224 valence electrons. The van der Waals surface area contributed by atoms with Crippen molar-refractivity contribution >= 4 is 22.7 Å². The third kappa shape index (κ3) is 7.99. The maximum atomic E-state index is 12.8. The van der Waals surface area contributed by atoms with Gasteiger partial charge in [0.15, 0.2) is 5.52 Å². The first kappa shape index (κ1) is 29.3. The van der Waals surface area contributed by atoms with Gasteiger partial charge in [-0.2, -0.15) is 0 Å².